The molecule has 1 saturated carbocycles. The summed E-state index contributed by atoms with van der Waals surface area (Å²) in [4.78, 5) is 25.0. The predicted octanol–water partition coefficient (Wildman–Crippen LogP) is 4.11. The monoisotopic (exact) mass is 517 g/mol. The second-order valence-corrected chi connectivity index (χ2v) is 10.6. The molecule has 8 nitrogen and oxygen atoms in total. The summed E-state index contributed by atoms with van der Waals surface area (Å²) in [5.74, 6) is 1.71. The molecule has 1 aliphatic carbocycles. The molecular weight excluding hydrogens is 478 g/mol. The normalized spacial score (nSPS) is 22.2. The topological polar surface area (TPSA) is 102 Å². The molecule has 2 aromatic carbocycles. The number of nitrogens with one attached hydrogen (secondary N) is 1. The van der Waals surface area contributed by atoms with E-state index in [0.29, 0.717) is 23.8 Å². The minimum absolute atomic E-state index is 0.196. The maximum Gasteiger partial charge on any atom is 0.257 e. The second kappa shape index (κ2) is 11.6. The van der Waals surface area contributed by atoms with Crippen molar-refractivity contribution in [2.45, 2.75) is 63.5 Å². The highest BCUT2D eigenvalue weighted by Gasteiger charge is 2.36. The van der Waals surface area contributed by atoms with Gasteiger partial charge in [-0.05, 0) is 69.6 Å². The number of fused-ring (bicyclic) bond motifs is 3. The van der Waals surface area contributed by atoms with E-state index < -0.39 is 0 Å². The van der Waals surface area contributed by atoms with Gasteiger partial charge in [-0.25, -0.2) is 4.99 Å². The van der Waals surface area contributed by atoms with Gasteiger partial charge < -0.3 is 20.1 Å². The summed E-state index contributed by atoms with van der Waals surface area (Å²) in [6.07, 6.45) is 6.65. The van der Waals surface area contributed by atoms with Gasteiger partial charge in [0.1, 0.15) is 0 Å². The highest BCUT2D eigenvalue weighted by molar-refractivity contribution is 6.15. The highest BCUT2D eigenvalue weighted by Crippen LogP contribution is 2.42. The van der Waals surface area contributed by atoms with Crippen LogP contribution < -0.4 is 20.5 Å². The zero-order valence-corrected chi connectivity index (χ0v) is 22.7. The van der Waals surface area contributed by atoms with E-state index in [-0.39, 0.29) is 24.0 Å². The summed E-state index contributed by atoms with van der Waals surface area (Å²) in [5, 5.41) is 2.76. The average Bonchev–Trinajstić information content (AvgIpc) is 2.93. The van der Waals surface area contributed by atoms with Gasteiger partial charge >= 0.3 is 0 Å². The number of rotatable bonds is 6. The SMILES string of the molecule is CCOc1cc2c(cc1OC)C(c1ccc(C(=O)NC(N)=NC3CCCCC3)cc1)=NC1CCN(C)CC21. The number of carbonyl (C=O) groups is 1. The Morgan fingerprint density at radius 1 is 1.13 bits per heavy atom. The largest absolute Gasteiger partial charge is 0.493 e. The number of piperidine rings is 1. The van der Waals surface area contributed by atoms with Crippen molar-refractivity contribution in [3.8, 4) is 11.5 Å². The first kappa shape index (κ1) is 26.2. The molecule has 0 aromatic heterocycles. The first-order chi connectivity index (χ1) is 18.5. The van der Waals surface area contributed by atoms with Gasteiger partial charge in [-0.1, -0.05) is 31.4 Å². The Kier molecular flexibility index (Phi) is 7.98. The van der Waals surface area contributed by atoms with E-state index in [1.165, 1.54) is 24.8 Å². The molecule has 2 fully saturated rings. The molecule has 2 atom stereocenters. The third-order valence-corrected chi connectivity index (χ3v) is 7.92. The lowest BCUT2D eigenvalue weighted by Gasteiger charge is -2.39. The zero-order chi connectivity index (χ0) is 26.6. The second-order valence-electron chi connectivity index (χ2n) is 10.6. The Hall–Kier alpha value is -3.39. The number of aliphatic imine (C=N–C) groups is 2. The van der Waals surface area contributed by atoms with E-state index in [1.807, 2.05) is 37.3 Å². The fourth-order valence-electron chi connectivity index (χ4n) is 5.95. The molecule has 1 saturated heterocycles. The van der Waals surface area contributed by atoms with Gasteiger partial charge in [0.05, 0.1) is 31.5 Å². The van der Waals surface area contributed by atoms with Crippen molar-refractivity contribution in [1.29, 1.82) is 0 Å². The molecule has 202 valence electrons. The lowest BCUT2D eigenvalue weighted by Crippen LogP contribution is -2.41. The first-order valence-electron chi connectivity index (χ1n) is 13.8. The third kappa shape index (κ3) is 5.55. The lowest BCUT2D eigenvalue weighted by molar-refractivity contribution is 0.0976. The fourth-order valence-corrected chi connectivity index (χ4v) is 5.95. The minimum atomic E-state index is -0.252. The van der Waals surface area contributed by atoms with Crippen LogP contribution >= 0.6 is 0 Å². The molecule has 0 spiro atoms. The van der Waals surface area contributed by atoms with Crippen LogP contribution in [0.4, 0.5) is 0 Å². The summed E-state index contributed by atoms with van der Waals surface area (Å²) in [6.45, 7) is 4.53. The van der Waals surface area contributed by atoms with Crippen LogP contribution in [0, 0.1) is 0 Å². The van der Waals surface area contributed by atoms with Gasteiger partial charge in [0.15, 0.2) is 17.5 Å². The van der Waals surface area contributed by atoms with Crippen molar-refractivity contribution in [2.75, 3.05) is 33.9 Å². The van der Waals surface area contributed by atoms with E-state index in [2.05, 4.69) is 28.3 Å². The van der Waals surface area contributed by atoms with Crippen LogP contribution in [-0.2, 0) is 0 Å². The number of likely N-dealkylation sites (tertiary alicyclic amines) is 1. The van der Waals surface area contributed by atoms with Crippen molar-refractivity contribution >= 4 is 17.6 Å². The molecule has 0 radical (unpaired) electrons. The number of benzene rings is 2. The van der Waals surface area contributed by atoms with Crippen LogP contribution in [0.3, 0.4) is 0 Å². The van der Waals surface area contributed by atoms with Gasteiger partial charge in [0.25, 0.3) is 5.91 Å². The predicted molar refractivity (Wildman–Crippen MR) is 151 cm³/mol. The number of amides is 1. The number of carbonyl (C=O) groups excluding carboxylic acids is 1. The van der Waals surface area contributed by atoms with Gasteiger partial charge in [0, 0.05) is 29.2 Å². The summed E-state index contributed by atoms with van der Waals surface area (Å²) in [7, 11) is 3.83. The molecule has 2 aromatic rings. The lowest BCUT2D eigenvalue weighted by atomic mass is 9.79. The summed E-state index contributed by atoms with van der Waals surface area (Å²) < 4.78 is 11.6. The maximum atomic E-state index is 12.8. The van der Waals surface area contributed by atoms with Gasteiger partial charge in [-0.15, -0.1) is 0 Å². The summed E-state index contributed by atoms with van der Waals surface area (Å²) in [6, 6.07) is 12.2. The van der Waals surface area contributed by atoms with Crippen molar-refractivity contribution in [3.05, 3.63) is 58.7 Å². The Morgan fingerprint density at radius 3 is 2.61 bits per heavy atom. The molecule has 3 N–H and O–H groups in total. The molecule has 1 amide bonds. The van der Waals surface area contributed by atoms with Crippen LogP contribution in [0.5, 0.6) is 11.5 Å². The zero-order valence-electron chi connectivity index (χ0n) is 22.7. The quantitative estimate of drug-likeness (QED) is 0.444. The number of guanidine groups is 1. The van der Waals surface area contributed by atoms with Crippen LogP contribution in [0.25, 0.3) is 0 Å². The van der Waals surface area contributed by atoms with Gasteiger partial charge in [-0.2, -0.15) is 0 Å². The van der Waals surface area contributed by atoms with Crippen LogP contribution in [0.15, 0.2) is 46.4 Å². The molecule has 38 heavy (non-hydrogen) atoms. The Labute approximate surface area is 225 Å². The molecule has 3 aliphatic rings. The maximum absolute atomic E-state index is 12.8. The number of hydrogen-bond acceptors (Lipinski definition) is 6. The minimum Gasteiger partial charge on any atom is -0.493 e. The third-order valence-electron chi connectivity index (χ3n) is 7.92. The van der Waals surface area contributed by atoms with Crippen LogP contribution in [0.2, 0.25) is 0 Å². The number of likely N-dealkylation sites (N-methyl/N-ethyl adjacent to an activating group) is 1. The number of methoxy groups -OCH3 is 1. The van der Waals surface area contributed by atoms with Crippen LogP contribution in [-0.4, -0.2) is 68.4 Å². The van der Waals surface area contributed by atoms with Crippen molar-refractivity contribution < 1.29 is 14.3 Å². The summed E-state index contributed by atoms with van der Waals surface area (Å²) >= 11 is 0. The Morgan fingerprint density at radius 2 is 1.89 bits per heavy atom. The molecular formula is C30H39N5O3. The average molecular weight is 518 g/mol. The molecule has 8 heteroatoms. The highest BCUT2D eigenvalue weighted by atomic mass is 16.5. The first-order valence-corrected chi connectivity index (χ1v) is 13.8. The van der Waals surface area contributed by atoms with Crippen molar-refractivity contribution in [3.63, 3.8) is 0 Å². The smallest absolute Gasteiger partial charge is 0.257 e. The van der Waals surface area contributed by atoms with Gasteiger partial charge in [0.2, 0.25) is 0 Å². The standard InChI is InChI=1S/C30H39N5O3/c1-4-38-27-16-22-23(17-26(27)37-3)28(33-25-14-15-35(2)18-24(22)25)19-10-12-20(13-11-19)29(36)34-30(31)32-21-8-6-5-7-9-21/h10-13,16-17,21,24-25H,4-9,14-15,18H2,1-3H3,(H3,31,32,34,36). The Balaban J connectivity index is 1.41. The van der Waals surface area contributed by atoms with E-state index in [0.717, 1.165) is 54.9 Å². The summed E-state index contributed by atoms with van der Waals surface area (Å²) in [5.41, 5.74) is 10.8. The van der Waals surface area contributed by atoms with Crippen molar-refractivity contribution in [1.82, 2.24) is 10.2 Å². The van der Waals surface area contributed by atoms with E-state index in [1.54, 1.807) is 7.11 Å². The fraction of sp³-hybridized carbons (Fsp3) is 0.500. The molecule has 2 aliphatic heterocycles. The molecule has 5 rings (SSSR count). The molecule has 2 unspecified atom stereocenters. The number of nitrogens with zero attached hydrogens (tertiary/aromatic N) is 3. The van der Waals surface area contributed by atoms with Crippen molar-refractivity contribution in [2.24, 2.45) is 15.7 Å². The number of ether oxygens (including phenoxy) is 2. The Bertz CT molecular complexity index is 1220. The van der Waals surface area contributed by atoms with Crippen LogP contribution in [0.1, 0.15) is 78.4 Å². The van der Waals surface area contributed by atoms with E-state index in [4.69, 9.17) is 20.2 Å². The van der Waals surface area contributed by atoms with E-state index in [9.17, 15) is 4.79 Å². The number of hydrogen-bond donors (Lipinski definition) is 2. The molecule has 0 bridgehead atoms. The molecule has 2 heterocycles. The number of nitrogens with two attached hydrogens (primary N) is 1. The van der Waals surface area contributed by atoms with E-state index >= 15 is 0 Å². The van der Waals surface area contributed by atoms with Gasteiger partial charge in [-0.3, -0.25) is 15.1 Å².